The molecule has 0 unspecified atom stereocenters. The van der Waals surface area contributed by atoms with Crippen LogP contribution in [0.1, 0.15) is 27.7 Å². The molecule has 0 spiro atoms. The quantitative estimate of drug-likeness (QED) is 0.332. The highest BCUT2D eigenvalue weighted by Gasteiger charge is 2.51. The Morgan fingerprint density at radius 2 is 1.45 bits per heavy atom. The second-order valence-electron chi connectivity index (χ2n) is 9.04. The van der Waals surface area contributed by atoms with Gasteiger partial charge in [0.15, 0.2) is 0 Å². The number of hydrogen-bond donors (Lipinski definition) is 0. The van der Waals surface area contributed by atoms with Crippen molar-refractivity contribution >= 4 is 62.3 Å². The lowest BCUT2D eigenvalue weighted by Crippen LogP contribution is -2.41. The first kappa shape index (κ1) is 17.6. The van der Waals surface area contributed by atoms with E-state index < -0.39 is 7.12 Å². The number of aromatic nitrogens is 1. The number of benzene rings is 3. The van der Waals surface area contributed by atoms with E-state index in [1.807, 2.05) is 12.1 Å². The Bertz CT molecular complexity index is 1420. The highest BCUT2D eigenvalue weighted by molar-refractivity contribution is 6.63. The summed E-state index contributed by atoms with van der Waals surface area (Å²) in [6.07, 6.45) is 0. The summed E-state index contributed by atoms with van der Waals surface area (Å²) in [5, 5.41) is 5.42. The Hall–Kier alpha value is -2.27. The fourth-order valence-corrected chi connectivity index (χ4v) is 4.91. The normalized spacial score (nSPS) is 18.7. The molecule has 0 bridgehead atoms. The van der Waals surface area contributed by atoms with E-state index in [2.05, 4.69) is 74.6 Å². The Labute approximate surface area is 174 Å². The van der Waals surface area contributed by atoms with Crippen LogP contribution in [0.3, 0.4) is 0 Å². The fourth-order valence-electron chi connectivity index (χ4n) is 4.64. The van der Waals surface area contributed by atoms with Crippen molar-refractivity contribution in [2.24, 2.45) is 0 Å². The predicted octanol–water partition coefficient (Wildman–Crippen LogP) is 5.79. The molecule has 0 radical (unpaired) electrons. The van der Waals surface area contributed by atoms with E-state index in [-0.39, 0.29) is 11.2 Å². The number of fused-ring (bicyclic) bond motifs is 6. The third-order valence-electron chi connectivity index (χ3n) is 6.82. The summed E-state index contributed by atoms with van der Waals surface area (Å²) in [6, 6.07) is 19.1. The van der Waals surface area contributed by atoms with Gasteiger partial charge in [-0.2, -0.15) is 0 Å². The van der Waals surface area contributed by atoms with E-state index in [0.717, 1.165) is 26.8 Å². The molecule has 0 atom stereocenters. The maximum atomic E-state index is 6.68. The van der Waals surface area contributed by atoms with Gasteiger partial charge in [-0.1, -0.05) is 48.0 Å². The molecular weight excluding hydrogens is 381 g/mol. The third kappa shape index (κ3) is 2.17. The van der Waals surface area contributed by atoms with E-state index in [1.54, 1.807) is 0 Å². The van der Waals surface area contributed by atoms with E-state index >= 15 is 0 Å². The highest BCUT2D eigenvalue weighted by atomic mass is 35.5. The lowest BCUT2D eigenvalue weighted by Gasteiger charge is -2.32. The van der Waals surface area contributed by atoms with Gasteiger partial charge in [0.1, 0.15) is 0 Å². The molecule has 0 saturated carbocycles. The smallest absolute Gasteiger partial charge is 0.399 e. The number of halogens is 1. The van der Waals surface area contributed by atoms with Crippen LogP contribution in [0.15, 0.2) is 54.6 Å². The van der Waals surface area contributed by atoms with Crippen molar-refractivity contribution in [2.45, 2.75) is 38.9 Å². The first-order chi connectivity index (χ1) is 13.8. The van der Waals surface area contributed by atoms with E-state index in [0.29, 0.717) is 0 Å². The molecule has 6 rings (SSSR count). The number of para-hydroxylation sites is 1. The number of hydrogen-bond acceptors (Lipinski definition) is 2. The minimum Gasteiger partial charge on any atom is -0.399 e. The predicted molar refractivity (Wildman–Crippen MR) is 122 cm³/mol. The molecule has 3 aromatic carbocycles. The Balaban J connectivity index is 1.75. The molecule has 0 N–H and O–H groups in total. The first-order valence-electron chi connectivity index (χ1n) is 10.0. The van der Waals surface area contributed by atoms with Crippen molar-refractivity contribution in [1.29, 1.82) is 0 Å². The average molecular weight is 402 g/mol. The van der Waals surface area contributed by atoms with Crippen molar-refractivity contribution in [3.8, 4) is 0 Å². The van der Waals surface area contributed by atoms with Crippen molar-refractivity contribution in [3.05, 3.63) is 59.6 Å². The third-order valence-corrected chi connectivity index (χ3v) is 7.13. The van der Waals surface area contributed by atoms with E-state index in [1.165, 1.54) is 21.8 Å². The molecule has 144 valence electrons. The van der Waals surface area contributed by atoms with Gasteiger partial charge in [-0.05, 0) is 51.4 Å². The van der Waals surface area contributed by atoms with Crippen LogP contribution in [0.25, 0.3) is 38.1 Å². The summed E-state index contributed by atoms with van der Waals surface area (Å²) in [7, 11) is -0.408. The standard InChI is InChI=1S/C24H21BClNO2/c1-23(2)24(3,4)29-25(28-23)14-12-16-15-8-5-6-10-19(15)27-20-11-7-9-18(26)21(20)17(13-14)22(16)27/h5-13H,1-4H3. The first-order valence-corrected chi connectivity index (χ1v) is 10.4. The van der Waals surface area contributed by atoms with Gasteiger partial charge >= 0.3 is 7.12 Å². The molecule has 1 saturated heterocycles. The van der Waals surface area contributed by atoms with E-state index in [4.69, 9.17) is 20.9 Å². The largest absolute Gasteiger partial charge is 0.494 e. The van der Waals surface area contributed by atoms with E-state index in [9.17, 15) is 0 Å². The van der Waals surface area contributed by atoms with Crippen LogP contribution in [-0.4, -0.2) is 22.7 Å². The summed E-state index contributed by atoms with van der Waals surface area (Å²) < 4.78 is 15.0. The maximum Gasteiger partial charge on any atom is 0.494 e. The lowest BCUT2D eigenvalue weighted by molar-refractivity contribution is 0.00578. The average Bonchev–Trinajstić information content (AvgIpc) is 3.25. The van der Waals surface area contributed by atoms with Gasteiger partial charge in [0, 0.05) is 21.5 Å². The van der Waals surface area contributed by atoms with Crippen LogP contribution in [0.4, 0.5) is 0 Å². The topological polar surface area (TPSA) is 22.9 Å². The Morgan fingerprint density at radius 1 is 0.793 bits per heavy atom. The zero-order valence-corrected chi connectivity index (χ0v) is 17.7. The van der Waals surface area contributed by atoms with Crippen LogP contribution in [-0.2, 0) is 9.31 Å². The Morgan fingerprint density at radius 3 is 2.21 bits per heavy atom. The molecule has 0 amide bonds. The van der Waals surface area contributed by atoms with Crippen molar-refractivity contribution in [1.82, 2.24) is 4.40 Å². The summed E-state index contributed by atoms with van der Waals surface area (Å²) in [5.41, 5.74) is 3.80. The van der Waals surface area contributed by atoms with Gasteiger partial charge in [-0.15, -0.1) is 0 Å². The SMILES string of the molecule is CC1(C)OB(c2cc3c4ccccc4n4c5cccc(Cl)c5c(c2)c34)OC1(C)C. The molecule has 1 aliphatic rings. The van der Waals surface area contributed by atoms with Gasteiger partial charge in [-0.3, -0.25) is 0 Å². The number of nitrogens with zero attached hydrogens (tertiary/aromatic N) is 1. The second-order valence-corrected chi connectivity index (χ2v) is 9.45. The minimum absolute atomic E-state index is 0.378. The Kier molecular flexibility index (Phi) is 3.31. The van der Waals surface area contributed by atoms with Crippen LogP contribution in [0.2, 0.25) is 5.02 Å². The van der Waals surface area contributed by atoms with Crippen LogP contribution < -0.4 is 5.46 Å². The minimum atomic E-state index is -0.408. The second kappa shape index (κ2) is 5.45. The molecule has 5 heteroatoms. The van der Waals surface area contributed by atoms with Crippen LogP contribution in [0.5, 0.6) is 0 Å². The van der Waals surface area contributed by atoms with Crippen LogP contribution in [0, 0.1) is 0 Å². The van der Waals surface area contributed by atoms with Gasteiger partial charge < -0.3 is 13.7 Å². The molecule has 1 fully saturated rings. The highest BCUT2D eigenvalue weighted by Crippen LogP contribution is 2.42. The maximum absolute atomic E-state index is 6.68. The lowest BCUT2D eigenvalue weighted by atomic mass is 9.77. The molecule has 3 nitrogen and oxygen atoms in total. The van der Waals surface area contributed by atoms with Gasteiger partial charge in [0.25, 0.3) is 0 Å². The molecule has 29 heavy (non-hydrogen) atoms. The summed E-state index contributed by atoms with van der Waals surface area (Å²) in [6.45, 7) is 8.34. The summed E-state index contributed by atoms with van der Waals surface area (Å²) in [4.78, 5) is 0. The zero-order chi connectivity index (χ0) is 20.1. The molecular formula is C24H21BClNO2. The monoisotopic (exact) mass is 401 g/mol. The van der Waals surface area contributed by atoms with Crippen LogP contribution >= 0.6 is 11.6 Å². The molecule has 0 aliphatic carbocycles. The summed E-state index contributed by atoms with van der Waals surface area (Å²) in [5.74, 6) is 0. The molecule has 2 aromatic heterocycles. The van der Waals surface area contributed by atoms with Crippen molar-refractivity contribution in [3.63, 3.8) is 0 Å². The van der Waals surface area contributed by atoms with Gasteiger partial charge in [-0.25, -0.2) is 0 Å². The van der Waals surface area contributed by atoms with Gasteiger partial charge in [0.05, 0.1) is 32.8 Å². The molecule has 1 aliphatic heterocycles. The number of rotatable bonds is 1. The molecule has 5 aromatic rings. The van der Waals surface area contributed by atoms with Crippen molar-refractivity contribution < 1.29 is 9.31 Å². The fraction of sp³-hybridized carbons (Fsp3) is 0.250. The zero-order valence-electron chi connectivity index (χ0n) is 16.9. The van der Waals surface area contributed by atoms with Gasteiger partial charge in [0.2, 0.25) is 0 Å². The van der Waals surface area contributed by atoms with Crippen molar-refractivity contribution in [2.75, 3.05) is 0 Å². The molecule has 3 heterocycles. The summed E-state index contributed by atoms with van der Waals surface area (Å²) >= 11 is 6.68.